The van der Waals surface area contributed by atoms with Gasteiger partial charge in [0, 0.05) is 5.56 Å². The number of nitrogens with one attached hydrogen (secondary N) is 1. The number of hydrogen-bond donors (Lipinski definition) is 1. The topological polar surface area (TPSA) is 38.3 Å². The molecule has 0 saturated carbocycles. The minimum atomic E-state index is -4.37. The molecule has 1 N–H and O–H groups in total. The van der Waals surface area contributed by atoms with E-state index in [1.54, 1.807) is 19.1 Å². The van der Waals surface area contributed by atoms with E-state index < -0.39 is 17.8 Å². The van der Waals surface area contributed by atoms with Gasteiger partial charge in [-0.3, -0.25) is 4.79 Å². The number of ether oxygens (including phenoxy) is 1. The predicted molar refractivity (Wildman–Crippen MR) is 84.7 cm³/mol. The van der Waals surface area contributed by atoms with Gasteiger partial charge in [-0.1, -0.05) is 30.3 Å². The van der Waals surface area contributed by atoms with Crippen molar-refractivity contribution < 1.29 is 22.7 Å². The number of alkyl halides is 3. The summed E-state index contributed by atoms with van der Waals surface area (Å²) in [5.74, 6) is 0.390. The molecule has 1 amide bonds. The van der Waals surface area contributed by atoms with Gasteiger partial charge in [0.25, 0.3) is 0 Å². The molecule has 0 spiro atoms. The van der Waals surface area contributed by atoms with Crippen molar-refractivity contribution in [2.75, 3.05) is 7.11 Å². The second-order valence-electron chi connectivity index (χ2n) is 5.40. The van der Waals surface area contributed by atoms with Crippen LogP contribution in [0.25, 0.3) is 0 Å². The van der Waals surface area contributed by atoms with E-state index >= 15 is 0 Å². The first kappa shape index (κ1) is 17.8. The maximum Gasteiger partial charge on any atom is 0.416 e. The van der Waals surface area contributed by atoms with E-state index in [0.29, 0.717) is 11.3 Å². The largest absolute Gasteiger partial charge is 0.496 e. The Morgan fingerprint density at radius 1 is 1.12 bits per heavy atom. The molecule has 0 bridgehead atoms. The molecule has 0 saturated heterocycles. The number of benzene rings is 2. The van der Waals surface area contributed by atoms with Crippen molar-refractivity contribution in [3.8, 4) is 5.75 Å². The highest BCUT2D eigenvalue weighted by atomic mass is 19.4. The number of hydrogen-bond acceptors (Lipinski definition) is 2. The Morgan fingerprint density at radius 3 is 2.33 bits per heavy atom. The SMILES string of the molecule is COc1ccccc1CC(=O)NC(C)c1ccc(C(F)(F)F)cc1. The van der Waals surface area contributed by atoms with Crippen LogP contribution >= 0.6 is 0 Å². The summed E-state index contributed by atoms with van der Waals surface area (Å²) >= 11 is 0. The highest BCUT2D eigenvalue weighted by Crippen LogP contribution is 2.29. The van der Waals surface area contributed by atoms with Crippen molar-refractivity contribution in [2.45, 2.75) is 25.6 Å². The Bertz CT molecular complexity index is 696. The zero-order valence-electron chi connectivity index (χ0n) is 13.4. The van der Waals surface area contributed by atoms with Crippen molar-refractivity contribution in [3.05, 3.63) is 65.2 Å². The first-order valence-corrected chi connectivity index (χ1v) is 7.39. The monoisotopic (exact) mass is 337 g/mol. The van der Waals surface area contributed by atoms with Crippen LogP contribution in [-0.2, 0) is 17.4 Å². The molecule has 0 aliphatic heterocycles. The van der Waals surface area contributed by atoms with E-state index in [4.69, 9.17) is 4.74 Å². The van der Waals surface area contributed by atoms with E-state index in [-0.39, 0.29) is 12.3 Å². The lowest BCUT2D eigenvalue weighted by atomic mass is 10.0. The van der Waals surface area contributed by atoms with E-state index in [2.05, 4.69) is 5.32 Å². The number of rotatable bonds is 5. The van der Waals surface area contributed by atoms with Crippen LogP contribution in [0.2, 0.25) is 0 Å². The first-order chi connectivity index (χ1) is 11.3. The Balaban J connectivity index is 2.01. The molecule has 2 aromatic carbocycles. The molecule has 0 aromatic heterocycles. The molecular weight excluding hydrogens is 319 g/mol. The summed E-state index contributed by atoms with van der Waals surface area (Å²) < 4.78 is 42.9. The molecule has 3 nitrogen and oxygen atoms in total. The summed E-state index contributed by atoms with van der Waals surface area (Å²) in [7, 11) is 1.53. The fourth-order valence-electron chi connectivity index (χ4n) is 2.36. The molecule has 2 rings (SSSR count). The summed E-state index contributed by atoms with van der Waals surface area (Å²) in [4.78, 5) is 12.1. The summed E-state index contributed by atoms with van der Waals surface area (Å²) in [5, 5.41) is 2.78. The first-order valence-electron chi connectivity index (χ1n) is 7.39. The maximum absolute atomic E-state index is 12.6. The molecule has 1 unspecified atom stereocenters. The smallest absolute Gasteiger partial charge is 0.416 e. The van der Waals surface area contributed by atoms with Crippen molar-refractivity contribution >= 4 is 5.91 Å². The third-order valence-electron chi connectivity index (χ3n) is 3.66. The van der Waals surface area contributed by atoms with Crippen LogP contribution in [0.5, 0.6) is 5.75 Å². The minimum absolute atomic E-state index is 0.134. The quantitative estimate of drug-likeness (QED) is 0.891. The zero-order valence-corrected chi connectivity index (χ0v) is 13.4. The number of carbonyl (C=O) groups is 1. The fourth-order valence-corrected chi connectivity index (χ4v) is 2.36. The number of methoxy groups -OCH3 is 1. The van der Waals surface area contributed by atoms with Crippen LogP contribution in [0.3, 0.4) is 0 Å². The van der Waals surface area contributed by atoms with Crippen molar-refractivity contribution in [2.24, 2.45) is 0 Å². The van der Waals surface area contributed by atoms with Gasteiger partial charge >= 0.3 is 6.18 Å². The van der Waals surface area contributed by atoms with Crippen LogP contribution in [0.1, 0.15) is 29.7 Å². The zero-order chi connectivity index (χ0) is 17.7. The molecule has 0 radical (unpaired) electrons. The van der Waals surface area contributed by atoms with E-state index in [1.807, 2.05) is 12.1 Å². The maximum atomic E-state index is 12.6. The highest BCUT2D eigenvalue weighted by molar-refractivity contribution is 5.79. The molecule has 0 fully saturated rings. The summed E-state index contributed by atoms with van der Waals surface area (Å²) in [6.45, 7) is 1.72. The molecule has 0 aliphatic carbocycles. The average molecular weight is 337 g/mol. The summed E-state index contributed by atoms with van der Waals surface area (Å²) in [6.07, 6.45) is -4.23. The van der Waals surface area contributed by atoms with Crippen molar-refractivity contribution in [1.82, 2.24) is 5.32 Å². The lowest BCUT2D eigenvalue weighted by molar-refractivity contribution is -0.137. The Labute approximate surface area is 138 Å². The van der Waals surface area contributed by atoms with E-state index in [1.165, 1.54) is 19.2 Å². The molecule has 1 atom stereocenters. The fraction of sp³-hybridized carbons (Fsp3) is 0.278. The Hall–Kier alpha value is -2.50. The predicted octanol–water partition coefficient (Wildman–Crippen LogP) is 4.13. The highest BCUT2D eigenvalue weighted by Gasteiger charge is 2.30. The molecule has 128 valence electrons. The normalized spacial score (nSPS) is 12.5. The van der Waals surface area contributed by atoms with E-state index in [9.17, 15) is 18.0 Å². The molecule has 6 heteroatoms. The summed E-state index contributed by atoms with van der Waals surface area (Å²) in [5.41, 5.74) is 0.646. The molecule has 0 heterocycles. The lowest BCUT2D eigenvalue weighted by Gasteiger charge is -2.16. The van der Waals surface area contributed by atoms with Gasteiger partial charge in [-0.25, -0.2) is 0 Å². The summed E-state index contributed by atoms with van der Waals surface area (Å²) in [6, 6.07) is 11.6. The number of amides is 1. The molecular formula is C18H18F3NO2. The van der Waals surface area contributed by atoms with Gasteiger partial charge in [0.05, 0.1) is 25.1 Å². The van der Waals surface area contributed by atoms with E-state index in [0.717, 1.165) is 17.7 Å². The van der Waals surface area contributed by atoms with Gasteiger partial charge in [-0.05, 0) is 30.7 Å². The lowest BCUT2D eigenvalue weighted by Crippen LogP contribution is -2.28. The van der Waals surface area contributed by atoms with Crippen molar-refractivity contribution in [1.29, 1.82) is 0 Å². The molecule has 0 aliphatic rings. The standard InChI is InChI=1S/C18H18F3NO2/c1-12(13-7-9-15(10-8-13)18(19,20)21)22-17(23)11-14-5-3-4-6-16(14)24-2/h3-10,12H,11H2,1-2H3,(H,22,23). The Morgan fingerprint density at radius 2 is 1.75 bits per heavy atom. The second kappa shape index (κ2) is 7.38. The molecule has 2 aromatic rings. The van der Waals surface area contributed by atoms with Gasteiger partial charge in [-0.15, -0.1) is 0 Å². The molecule has 24 heavy (non-hydrogen) atoms. The van der Waals surface area contributed by atoms with Crippen LogP contribution in [0, 0.1) is 0 Å². The Kier molecular flexibility index (Phi) is 5.49. The number of para-hydroxylation sites is 1. The van der Waals surface area contributed by atoms with Crippen LogP contribution in [0.15, 0.2) is 48.5 Å². The van der Waals surface area contributed by atoms with Crippen LogP contribution < -0.4 is 10.1 Å². The van der Waals surface area contributed by atoms with Crippen LogP contribution in [0.4, 0.5) is 13.2 Å². The third kappa shape index (κ3) is 4.50. The van der Waals surface area contributed by atoms with Gasteiger partial charge < -0.3 is 10.1 Å². The third-order valence-corrected chi connectivity index (χ3v) is 3.66. The minimum Gasteiger partial charge on any atom is -0.496 e. The second-order valence-corrected chi connectivity index (χ2v) is 5.40. The number of carbonyl (C=O) groups excluding carboxylic acids is 1. The van der Waals surface area contributed by atoms with Gasteiger partial charge in [0.15, 0.2) is 0 Å². The number of halogens is 3. The van der Waals surface area contributed by atoms with Crippen LogP contribution in [-0.4, -0.2) is 13.0 Å². The van der Waals surface area contributed by atoms with Gasteiger partial charge in [0.2, 0.25) is 5.91 Å². The van der Waals surface area contributed by atoms with Gasteiger partial charge in [-0.2, -0.15) is 13.2 Å². The van der Waals surface area contributed by atoms with Crippen molar-refractivity contribution in [3.63, 3.8) is 0 Å². The van der Waals surface area contributed by atoms with Gasteiger partial charge in [0.1, 0.15) is 5.75 Å². The average Bonchev–Trinajstić information content (AvgIpc) is 2.54.